The van der Waals surface area contributed by atoms with Gasteiger partial charge in [-0.15, -0.1) is 0 Å². The van der Waals surface area contributed by atoms with Crippen LogP contribution in [-0.4, -0.2) is 54.8 Å². The first kappa shape index (κ1) is 22.9. The van der Waals surface area contributed by atoms with Gasteiger partial charge in [0.15, 0.2) is 6.61 Å². The van der Waals surface area contributed by atoms with Gasteiger partial charge in [-0.2, -0.15) is 5.10 Å². The minimum absolute atomic E-state index is 0.0882. The smallest absolute Gasteiger partial charge is 0.329 e. The molecule has 3 rings (SSSR count). The predicted molar refractivity (Wildman–Crippen MR) is 116 cm³/mol. The second-order valence-electron chi connectivity index (χ2n) is 7.04. The Balaban J connectivity index is 1.34. The Hall–Kier alpha value is -3.79. The lowest BCUT2D eigenvalue weighted by atomic mass is 10.2. The fourth-order valence-corrected chi connectivity index (χ4v) is 2.86. The monoisotopic (exact) mass is 439 g/mol. The van der Waals surface area contributed by atoms with Crippen LogP contribution in [0.4, 0.5) is 0 Å². The molecule has 0 saturated carbocycles. The lowest BCUT2D eigenvalue weighted by Gasteiger charge is -2.11. The quantitative estimate of drug-likeness (QED) is 0.297. The molecule has 1 aromatic heterocycles. The summed E-state index contributed by atoms with van der Waals surface area (Å²) in [6, 6.07) is 10.3. The number of hydrogen-bond acceptors (Lipinski definition) is 7. The van der Waals surface area contributed by atoms with Crippen molar-refractivity contribution in [1.29, 1.82) is 0 Å². The third kappa shape index (κ3) is 7.80. The van der Waals surface area contributed by atoms with Gasteiger partial charge in [-0.1, -0.05) is 6.07 Å². The minimum atomic E-state index is -0.876. The van der Waals surface area contributed by atoms with Gasteiger partial charge in [-0.05, 0) is 54.3 Å². The van der Waals surface area contributed by atoms with Gasteiger partial charge in [0.05, 0.1) is 12.3 Å². The molecule has 1 atom stereocenters. The number of ether oxygens (including phenoxy) is 2. The van der Waals surface area contributed by atoms with Gasteiger partial charge in [0.2, 0.25) is 0 Å². The maximum absolute atomic E-state index is 11.8. The zero-order valence-electron chi connectivity index (χ0n) is 17.5. The number of pyridine rings is 1. The molecule has 168 valence electrons. The summed E-state index contributed by atoms with van der Waals surface area (Å²) in [6.45, 7) is 1.34. The molecule has 0 bridgehead atoms. The first-order chi connectivity index (χ1) is 15.6. The highest BCUT2D eigenvalue weighted by molar-refractivity contribution is 6.35. The van der Waals surface area contributed by atoms with Gasteiger partial charge in [-0.25, -0.2) is 5.43 Å². The van der Waals surface area contributed by atoms with Gasteiger partial charge in [0.1, 0.15) is 5.75 Å². The van der Waals surface area contributed by atoms with Crippen LogP contribution in [-0.2, 0) is 25.7 Å². The van der Waals surface area contributed by atoms with Gasteiger partial charge in [0, 0.05) is 32.1 Å². The Morgan fingerprint density at radius 3 is 2.72 bits per heavy atom. The third-order valence-corrected chi connectivity index (χ3v) is 4.56. The van der Waals surface area contributed by atoms with E-state index in [1.807, 2.05) is 0 Å². The van der Waals surface area contributed by atoms with Crippen LogP contribution in [0.25, 0.3) is 0 Å². The van der Waals surface area contributed by atoms with E-state index in [9.17, 15) is 14.4 Å². The van der Waals surface area contributed by atoms with Crippen molar-refractivity contribution in [2.75, 3.05) is 19.8 Å². The van der Waals surface area contributed by atoms with Crippen LogP contribution in [0.2, 0.25) is 0 Å². The van der Waals surface area contributed by atoms with Crippen molar-refractivity contribution < 1.29 is 23.9 Å². The molecule has 10 heteroatoms. The summed E-state index contributed by atoms with van der Waals surface area (Å²) < 4.78 is 10.9. The van der Waals surface area contributed by atoms with Crippen molar-refractivity contribution in [3.05, 3.63) is 59.9 Å². The Morgan fingerprint density at radius 1 is 1.16 bits per heavy atom. The van der Waals surface area contributed by atoms with Crippen LogP contribution in [0, 0.1) is 0 Å². The lowest BCUT2D eigenvalue weighted by molar-refractivity contribution is -0.139. The van der Waals surface area contributed by atoms with E-state index in [4.69, 9.17) is 9.47 Å². The second kappa shape index (κ2) is 12.2. The first-order valence-electron chi connectivity index (χ1n) is 10.2. The van der Waals surface area contributed by atoms with Crippen LogP contribution < -0.4 is 20.8 Å². The number of aromatic nitrogens is 1. The maximum atomic E-state index is 11.8. The standard InChI is InChI=1S/C22H25N5O5/c28-20(24-14-19-4-2-10-31-19)15-32-18-7-5-16(6-8-18)13-26-27-22(30)21(29)25-12-17-3-1-9-23-11-17/h1,3,5-9,11,13,19H,2,4,10,12,14-15H2,(H,24,28)(H,25,29)(H,27,30)/b26-13-/t19-/m0/s1. The van der Waals surface area contributed by atoms with Crippen molar-refractivity contribution in [2.24, 2.45) is 5.10 Å². The molecule has 32 heavy (non-hydrogen) atoms. The number of rotatable bonds is 9. The van der Waals surface area contributed by atoms with E-state index >= 15 is 0 Å². The van der Waals surface area contributed by atoms with Gasteiger partial charge in [0.25, 0.3) is 5.91 Å². The van der Waals surface area contributed by atoms with Crippen molar-refractivity contribution >= 4 is 23.9 Å². The number of hydrazone groups is 1. The molecule has 2 heterocycles. The van der Waals surface area contributed by atoms with E-state index in [0.717, 1.165) is 25.0 Å². The third-order valence-electron chi connectivity index (χ3n) is 4.56. The topological polar surface area (TPSA) is 131 Å². The van der Waals surface area contributed by atoms with Gasteiger partial charge in [-0.3, -0.25) is 19.4 Å². The molecule has 0 aliphatic carbocycles. The molecule has 2 aromatic rings. The van der Waals surface area contributed by atoms with Gasteiger partial charge < -0.3 is 20.1 Å². The van der Waals surface area contributed by atoms with Crippen molar-refractivity contribution in [1.82, 2.24) is 21.0 Å². The molecule has 0 unspecified atom stereocenters. The summed E-state index contributed by atoms with van der Waals surface area (Å²) in [4.78, 5) is 39.3. The summed E-state index contributed by atoms with van der Waals surface area (Å²) in [5, 5.41) is 9.04. The van der Waals surface area contributed by atoms with E-state index in [2.05, 4.69) is 26.1 Å². The summed E-state index contributed by atoms with van der Waals surface area (Å²) in [5.74, 6) is -1.37. The van der Waals surface area contributed by atoms with E-state index < -0.39 is 11.8 Å². The fourth-order valence-electron chi connectivity index (χ4n) is 2.86. The van der Waals surface area contributed by atoms with Gasteiger partial charge >= 0.3 is 11.8 Å². The molecule has 1 fully saturated rings. The molecule has 3 N–H and O–H groups in total. The molecule has 1 aliphatic heterocycles. The van der Waals surface area contributed by atoms with Crippen LogP contribution in [0.15, 0.2) is 53.9 Å². The highest BCUT2D eigenvalue weighted by Gasteiger charge is 2.16. The Kier molecular flexibility index (Phi) is 8.70. The van der Waals surface area contributed by atoms with Crippen LogP contribution in [0.1, 0.15) is 24.0 Å². The van der Waals surface area contributed by atoms with Crippen LogP contribution in [0.3, 0.4) is 0 Å². The molecule has 1 saturated heterocycles. The lowest BCUT2D eigenvalue weighted by Crippen LogP contribution is -2.37. The molecular weight excluding hydrogens is 414 g/mol. The number of benzene rings is 1. The summed E-state index contributed by atoms with van der Waals surface area (Å²) in [7, 11) is 0. The number of carbonyl (C=O) groups excluding carboxylic acids is 3. The molecule has 0 radical (unpaired) electrons. The molecule has 1 aromatic carbocycles. The SMILES string of the molecule is O=C(COc1ccc(/C=N\NC(=O)C(=O)NCc2cccnc2)cc1)NC[C@@H]1CCCO1. The highest BCUT2D eigenvalue weighted by Crippen LogP contribution is 2.12. The molecule has 0 spiro atoms. The number of hydrogen-bond donors (Lipinski definition) is 3. The number of nitrogens with one attached hydrogen (secondary N) is 3. The Bertz CT molecular complexity index is 927. The number of amides is 3. The number of carbonyl (C=O) groups is 3. The highest BCUT2D eigenvalue weighted by atomic mass is 16.5. The predicted octanol–water partition coefficient (Wildman–Crippen LogP) is 0.522. The molecular formula is C22H25N5O5. The summed E-state index contributed by atoms with van der Waals surface area (Å²) in [6.07, 6.45) is 6.68. The average molecular weight is 439 g/mol. The average Bonchev–Trinajstić information content (AvgIpc) is 3.35. The maximum Gasteiger partial charge on any atom is 0.329 e. The van der Waals surface area contributed by atoms with Crippen molar-refractivity contribution in [3.63, 3.8) is 0 Å². The van der Waals surface area contributed by atoms with Crippen molar-refractivity contribution in [2.45, 2.75) is 25.5 Å². The minimum Gasteiger partial charge on any atom is -0.484 e. The van der Waals surface area contributed by atoms with E-state index in [-0.39, 0.29) is 25.2 Å². The van der Waals surface area contributed by atoms with Crippen LogP contribution in [0.5, 0.6) is 5.75 Å². The molecule has 1 aliphatic rings. The van der Waals surface area contributed by atoms with Crippen molar-refractivity contribution in [3.8, 4) is 5.75 Å². The first-order valence-corrected chi connectivity index (χ1v) is 10.2. The zero-order chi connectivity index (χ0) is 22.6. The van der Waals surface area contributed by atoms with E-state index in [0.29, 0.717) is 17.9 Å². The number of nitrogens with zero attached hydrogens (tertiary/aromatic N) is 2. The zero-order valence-corrected chi connectivity index (χ0v) is 17.5. The second-order valence-corrected chi connectivity index (χ2v) is 7.04. The van der Waals surface area contributed by atoms with E-state index in [1.165, 1.54) is 6.21 Å². The molecule has 3 amide bonds. The largest absolute Gasteiger partial charge is 0.484 e. The van der Waals surface area contributed by atoms with Crippen LogP contribution >= 0.6 is 0 Å². The Morgan fingerprint density at radius 2 is 2.00 bits per heavy atom. The summed E-state index contributed by atoms with van der Waals surface area (Å²) >= 11 is 0. The molecule has 10 nitrogen and oxygen atoms in total. The fraction of sp³-hybridized carbons (Fsp3) is 0.318. The summed E-state index contributed by atoms with van der Waals surface area (Å²) in [5.41, 5.74) is 3.62. The Labute approximate surface area is 185 Å². The van der Waals surface area contributed by atoms with E-state index in [1.54, 1.807) is 48.8 Å². The normalized spacial score (nSPS) is 15.3.